The highest BCUT2D eigenvalue weighted by molar-refractivity contribution is 9.10. The van der Waals surface area contributed by atoms with Crippen molar-refractivity contribution in [1.82, 2.24) is 15.1 Å². The van der Waals surface area contributed by atoms with Crippen molar-refractivity contribution in [2.24, 2.45) is 0 Å². The average Bonchev–Trinajstić information content (AvgIpc) is 2.57. The number of halogens is 2. The van der Waals surface area contributed by atoms with Crippen molar-refractivity contribution in [2.45, 2.75) is 19.8 Å². The van der Waals surface area contributed by atoms with Crippen LogP contribution in [0.25, 0.3) is 0 Å². The summed E-state index contributed by atoms with van der Waals surface area (Å²) in [4.78, 5) is 28.4. The van der Waals surface area contributed by atoms with Crippen LogP contribution in [0.4, 0.5) is 4.39 Å². The minimum atomic E-state index is -0.468. The van der Waals surface area contributed by atoms with Gasteiger partial charge in [0.15, 0.2) is 0 Å². The van der Waals surface area contributed by atoms with E-state index in [4.69, 9.17) is 0 Å². The van der Waals surface area contributed by atoms with Gasteiger partial charge in [-0.05, 0) is 47.1 Å². The van der Waals surface area contributed by atoms with E-state index in [9.17, 15) is 14.0 Å². The van der Waals surface area contributed by atoms with Crippen LogP contribution in [0, 0.1) is 5.82 Å². The van der Waals surface area contributed by atoms with Crippen molar-refractivity contribution >= 4 is 27.7 Å². The van der Waals surface area contributed by atoms with E-state index < -0.39 is 5.82 Å². The molecule has 132 valence electrons. The number of amides is 2. The fourth-order valence-corrected chi connectivity index (χ4v) is 3.17. The first kappa shape index (κ1) is 18.9. The Balaban J connectivity index is 1.75. The molecule has 0 spiro atoms. The van der Waals surface area contributed by atoms with E-state index in [0.29, 0.717) is 4.47 Å². The molecule has 1 saturated heterocycles. The molecular weight excluding hydrogens is 377 g/mol. The van der Waals surface area contributed by atoms with Crippen LogP contribution in [0.1, 0.15) is 30.1 Å². The molecule has 0 unspecified atom stereocenters. The minimum absolute atomic E-state index is 0.0461. The first-order valence-electron chi connectivity index (χ1n) is 8.24. The molecule has 1 fully saturated rings. The monoisotopic (exact) mass is 399 g/mol. The van der Waals surface area contributed by atoms with Gasteiger partial charge in [0.2, 0.25) is 5.91 Å². The summed E-state index contributed by atoms with van der Waals surface area (Å²) in [6.45, 7) is 6.75. The number of hydrogen-bond acceptors (Lipinski definition) is 3. The van der Waals surface area contributed by atoms with Crippen molar-refractivity contribution in [2.75, 3.05) is 39.3 Å². The molecule has 1 N–H and O–H groups in total. The van der Waals surface area contributed by atoms with E-state index in [1.165, 1.54) is 18.2 Å². The molecule has 1 heterocycles. The summed E-state index contributed by atoms with van der Waals surface area (Å²) in [6, 6.07) is 3.95. The normalized spacial score (nSPS) is 15.4. The van der Waals surface area contributed by atoms with Gasteiger partial charge in [-0.15, -0.1) is 0 Å². The largest absolute Gasteiger partial charge is 0.351 e. The first-order valence-corrected chi connectivity index (χ1v) is 9.04. The van der Waals surface area contributed by atoms with Gasteiger partial charge in [-0.25, -0.2) is 4.39 Å². The molecule has 1 aliphatic heterocycles. The lowest BCUT2D eigenvalue weighted by Gasteiger charge is -2.34. The van der Waals surface area contributed by atoms with Crippen LogP contribution < -0.4 is 5.32 Å². The Labute approximate surface area is 150 Å². The van der Waals surface area contributed by atoms with Gasteiger partial charge in [-0.1, -0.05) is 6.92 Å². The quantitative estimate of drug-likeness (QED) is 0.797. The molecule has 1 aromatic rings. The molecule has 0 aromatic heterocycles. The zero-order valence-electron chi connectivity index (χ0n) is 13.9. The zero-order valence-corrected chi connectivity index (χ0v) is 15.4. The summed E-state index contributed by atoms with van der Waals surface area (Å²) in [5.41, 5.74) is 0.232. The van der Waals surface area contributed by atoms with Gasteiger partial charge in [-0.2, -0.15) is 0 Å². The van der Waals surface area contributed by atoms with E-state index in [2.05, 4.69) is 33.1 Å². The summed E-state index contributed by atoms with van der Waals surface area (Å²) in [7, 11) is 0. The van der Waals surface area contributed by atoms with Crippen molar-refractivity contribution in [3.8, 4) is 0 Å². The Kier molecular flexibility index (Phi) is 7.17. The van der Waals surface area contributed by atoms with Crippen LogP contribution in [-0.2, 0) is 4.79 Å². The molecule has 0 radical (unpaired) electrons. The lowest BCUT2D eigenvalue weighted by molar-refractivity contribution is -0.132. The predicted octanol–water partition coefficient (Wildman–Crippen LogP) is 2.26. The number of nitrogens with zero attached hydrogens (tertiary/aromatic N) is 2. The molecule has 7 heteroatoms. The first-order chi connectivity index (χ1) is 11.5. The molecular formula is C17H23BrFN3O2. The minimum Gasteiger partial charge on any atom is -0.351 e. The smallest absolute Gasteiger partial charge is 0.252 e. The summed E-state index contributed by atoms with van der Waals surface area (Å²) >= 11 is 3.23. The van der Waals surface area contributed by atoms with Crippen LogP contribution >= 0.6 is 15.9 Å². The van der Waals surface area contributed by atoms with Crippen LogP contribution in [-0.4, -0.2) is 60.9 Å². The number of nitrogens with one attached hydrogen (secondary N) is 1. The van der Waals surface area contributed by atoms with Crippen LogP contribution in [0.15, 0.2) is 22.7 Å². The topological polar surface area (TPSA) is 52.6 Å². The Morgan fingerprint density at radius 3 is 2.62 bits per heavy atom. The highest BCUT2D eigenvalue weighted by Crippen LogP contribution is 2.17. The molecule has 5 nitrogen and oxygen atoms in total. The highest BCUT2D eigenvalue weighted by Gasteiger charge is 2.20. The second-order valence-corrected chi connectivity index (χ2v) is 6.71. The van der Waals surface area contributed by atoms with Crippen molar-refractivity contribution in [1.29, 1.82) is 0 Å². The number of rotatable bonds is 6. The van der Waals surface area contributed by atoms with Crippen molar-refractivity contribution < 1.29 is 14.0 Å². The predicted molar refractivity (Wildman–Crippen MR) is 94.4 cm³/mol. The fraction of sp³-hybridized carbons (Fsp3) is 0.529. The van der Waals surface area contributed by atoms with Gasteiger partial charge >= 0.3 is 0 Å². The third kappa shape index (κ3) is 5.27. The van der Waals surface area contributed by atoms with Gasteiger partial charge < -0.3 is 10.2 Å². The van der Waals surface area contributed by atoms with Gasteiger partial charge in [0, 0.05) is 43.6 Å². The third-order valence-electron chi connectivity index (χ3n) is 4.06. The maximum atomic E-state index is 13.2. The lowest BCUT2D eigenvalue weighted by atomic mass is 10.2. The van der Waals surface area contributed by atoms with Crippen LogP contribution in [0.2, 0.25) is 0 Å². The molecule has 24 heavy (non-hydrogen) atoms. The number of piperazine rings is 1. The molecule has 0 saturated carbocycles. The van der Waals surface area contributed by atoms with Crippen molar-refractivity contribution in [3.63, 3.8) is 0 Å². The highest BCUT2D eigenvalue weighted by atomic mass is 79.9. The molecule has 2 amide bonds. The second kappa shape index (κ2) is 9.13. The Bertz CT molecular complexity index is 589. The van der Waals surface area contributed by atoms with E-state index in [1.54, 1.807) is 0 Å². The van der Waals surface area contributed by atoms with Gasteiger partial charge in [0.1, 0.15) is 5.82 Å². The number of benzene rings is 1. The van der Waals surface area contributed by atoms with Gasteiger partial charge in [0.05, 0.1) is 5.56 Å². The summed E-state index contributed by atoms with van der Waals surface area (Å²) < 4.78 is 13.7. The lowest BCUT2D eigenvalue weighted by Crippen LogP contribution is -2.49. The Morgan fingerprint density at radius 1 is 1.25 bits per heavy atom. The van der Waals surface area contributed by atoms with Gasteiger partial charge in [-0.3, -0.25) is 14.5 Å². The molecule has 0 atom stereocenters. The maximum absolute atomic E-state index is 13.2. The van der Waals surface area contributed by atoms with E-state index in [0.717, 1.165) is 39.1 Å². The number of carbonyl (C=O) groups excluding carboxylic acids is 2. The van der Waals surface area contributed by atoms with Gasteiger partial charge in [0.25, 0.3) is 5.91 Å². The number of carbonyl (C=O) groups is 2. The Hall–Kier alpha value is -1.47. The van der Waals surface area contributed by atoms with E-state index in [1.807, 2.05) is 4.90 Å². The molecule has 1 aromatic carbocycles. The van der Waals surface area contributed by atoms with E-state index >= 15 is 0 Å². The standard InChI is InChI=1S/C17H23BrFN3O2/c1-2-7-21-8-10-22(11-9-21)16(23)5-6-20-17(24)14-12-13(19)3-4-15(14)18/h3-4,12H,2,5-11H2,1H3,(H,20,24). The average molecular weight is 400 g/mol. The van der Waals surface area contributed by atoms with E-state index in [-0.39, 0.29) is 30.3 Å². The zero-order chi connectivity index (χ0) is 17.5. The molecule has 1 aliphatic rings. The third-order valence-corrected chi connectivity index (χ3v) is 4.75. The Morgan fingerprint density at radius 2 is 1.96 bits per heavy atom. The summed E-state index contributed by atoms with van der Waals surface area (Å²) in [5, 5.41) is 2.67. The van der Waals surface area contributed by atoms with Crippen LogP contribution in [0.3, 0.4) is 0 Å². The second-order valence-electron chi connectivity index (χ2n) is 5.85. The molecule has 0 bridgehead atoms. The molecule has 2 rings (SSSR count). The number of hydrogen-bond donors (Lipinski definition) is 1. The summed E-state index contributed by atoms with van der Waals surface area (Å²) in [5.74, 6) is -0.809. The molecule has 0 aliphatic carbocycles. The fourth-order valence-electron chi connectivity index (χ4n) is 2.74. The maximum Gasteiger partial charge on any atom is 0.252 e. The van der Waals surface area contributed by atoms with Crippen LogP contribution in [0.5, 0.6) is 0 Å². The SMILES string of the molecule is CCCN1CCN(C(=O)CCNC(=O)c2cc(F)ccc2Br)CC1. The van der Waals surface area contributed by atoms with Crippen molar-refractivity contribution in [3.05, 3.63) is 34.1 Å². The summed E-state index contributed by atoms with van der Waals surface area (Å²) in [6.07, 6.45) is 1.38.